The summed E-state index contributed by atoms with van der Waals surface area (Å²) in [6, 6.07) is 20.5. The molecule has 0 radical (unpaired) electrons. The van der Waals surface area contributed by atoms with Crippen LogP contribution in [-0.4, -0.2) is 12.5 Å². The number of amides is 1. The zero-order chi connectivity index (χ0) is 19.9. The average Bonchev–Trinajstić information content (AvgIpc) is 3.22. The zero-order valence-electron chi connectivity index (χ0n) is 16.1. The van der Waals surface area contributed by atoms with E-state index in [4.69, 9.17) is 0 Å². The quantitative estimate of drug-likeness (QED) is 0.592. The number of carbonyl (C=O) groups excluding carboxylic acids is 1. The third kappa shape index (κ3) is 5.27. The van der Waals surface area contributed by atoms with Crippen LogP contribution >= 0.6 is 11.3 Å². The number of nitrogens with one attached hydrogen (secondary N) is 1. The first-order valence-electron chi connectivity index (χ1n) is 9.51. The molecule has 0 spiro atoms. The number of hydrogen-bond donors (Lipinski definition) is 2. The molecule has 1 aromatic heterocycles. The summed E-state index contributed by atoms with van der Waals surface area (Å²) in [6.45, 7) is 4.54. The molecule has 5 heteroatoms. The van der Waals surface area contributed by atoms with Gasteiger partial charge in [-0.05, 0) is 29.1 Å². The first kappa shape index (κ1) is 20.2. The lowest BCUT2D eigenvalue weighted by molar-refractivity contribution is -0.692. The molecule has 146 valence electrons. The van der Waals surface area contributed by atoms with Crippen molar-refractivity contribution in [2.24, 2.45) is 5.92 Å². The number of thiophene rings is 1. The molecule has 3 N–H and O–H groups in total. The topological polar surface area (TPSA) is 45.7 Å². The van der Waals surface area contributed by atoms with Gasteiger partial charge in [0.1, 0.15) is 11.9 Å². The number of nitrogens with two attached hydrogens (primary N) is 1. The van der Waals surface area contributed by atoms with E-state index < -0.39 is 0 Å². The largest absolute Gasteiger partial charge is 0.339 e. The Morgan fingerprint density at radius 1 is 1.00 bits per heavy atom. The predicted molar refractivity (Wildman–Crippen MR) is 112 cm³/mol. The Morgan fingerprint density at radius 3 is 2.32 bits per heavy atom. The molecule has 0 unspecified atom stereocenters. The molecule has 3 nitrogen and oxygen atoms in total. The second-order valence-electron chi connectivity index (χ2n) is 7.19. The lowest BCUT2D eigenvalue weighted by atomic mass is 9.96. The van der Waals surface area contributed by atoms with Crippen molar-refractivity contribution < 1.29 is 14.5 Å². The monoisotopic (exact) mass is 397 g/mol. The van der Waals surface area contributed by atoms with Gasteiger partial charge in [0.2, 0.25) is 0 Å². The summed E-state index contributed by atoms with van der Waals surface area (Å²) < 4.78 is 13.2. The fraction of sp³-hybridized carbons (Fsp3) is 0.261. The highest BCUT2D eigenvalue weighted by molar-refractivity contribution is 7.10. The van der Waals surface area contributed by atoms with E-state index in [0.717, 1.165) is 16.0 Å². The molecular weight excluding hydrogens is 371 g/mol. The second-order valence-corrected chi connectivity index (χ2v) is 8.17. The van der Waals surface area contributed by atoms with Crippen molar-refractivity contribution in [2.45, 2.75) is 25.9 Å². The van der Waals surface area contributed by atoms with Gasteiger partial charge in [0.05, 0.1) is 6.04 Å². The van der Waals surface area contributed by atoms with Crippen molar-refractivity contribution in [3.05, 3.63) is 93.9 Å². The van der Waals surface area contributed by atoms with Gasteiger partial charge in [-0.15, -0.1) is 11.3 Å². The Balaban J connectivity index is 1.68. The molecule has 0 fully saturated rings. The van der Waals surface area contributed by atoms with Crippen LogP contribution in [0.1, 0.15) is 41.9 Å². The standard InChI is InChI=1S/C23H25FN2OS/c1-16(2)22(18-10-12-19(24)13-11-18)25-15-21(27)26-23(20-9-6-14-28-20)17-7-4-3-5-8-17/h3-14,16,22-23,25H,15H2,1-2H3,(H,26,27)/p+1/t22-,23+/m1/s1. The highest BCUT2D eigenvalue weighted by Gasteiger charge is 2.23. The molecular formula is C23H26FN2OS+. The van der Waals surface area contributed by atoms with Crippen molar-refractivity contribution in [3.63, 3.8) is 0 Å². The first-order chi connectivity index (χ1) is 13.5. The molecule has 1 amide bonds. The Morgan fingerprint density at radius 2 is 1.71 bits per heavy atom. The van der Waals surface area contributed by atoms with Crippen LogP contribution in [-0.2, 0) is 4.79 Å². The summed E-state index contributed by atoms with van der Waals surface area (Å²) in [5.74, 6) is 0.0566. The van der Waals surface area contributed by atoms with Crippen LogP contribution in [0, 0.1) is 11.7 Å². The van der Waals surface area contributed by atoms with Crippen LogP contribution in [0.2, 0.25) is 0 Å². The molecule has 2 aromatic carbocycles. The Hall–Kier alpha value is -2.50. The maximum atomic E-state index is 13.2. The lowest BCUT2D eigenvalue weighted by Gasteiger charge is -2.21. The zero-order valence-corrected chi connectivity index (χ0v) is 17.0. The van der Waals surface area contributed by atoms with Crippen LogP contribution < -0.4 is 10.6 Å². The molecule has 0 aliphatic rings. The minimum atomic E-state index is -0.245. The molecule has 3 rings (SSSR count). The summed E-state index contributed by atoms with van der Waals surface area (Å²) in [7, 11) is 0. The van der Waals surface area contributed by atoms with E-state index in [2.05, 4.69) is 19.2 Å². The third-order valence-electron chi connectivity index (χ3n) is 4.80. The smallest absolute Gasteiger partial charge is 0.275 e. The highest BCUT2D eigenvalue weighted by Crippen LogP contribution is 2.25. The molecule has 0 saturated carbocycles. The molecule has 3 aromatic rings. The highest BCUT2D eigenvalue weighted by atomic mass is 32.1. The Labute approximate surface area is 169 Å². The summed E-state index contributed by atoms with van der Waals surface area (Å²) in [6.07, 6.45) is 0. The summed E-state index contributed by atoms with van der Waals surface area (Å²) in [4.78, 5) is 13.8. The van der Waals surface area contributed by atoms with Crippen LogP contribution in [0.3, 0.4) is 0 Å². The van der Waals surface area contributed by atoms with E-state index in [1.165, 1.54) is 12.1 Å². The molecule has 0 aliphatic heterocycles. The number of carbonyl (C=O) groups is 1. The van der Waals surface area contributed by atoms with E-state index in [-0.39, 0.29) is 23.8 Å². The maximum absolute atomic E-state index is 13.2. The Bertz CT molecular complexity index is 863. The van der Waals surface area contributed by atoms with Gasteiger partial charge in [-0.1, -0.05) is 62.4 Å². The van der Waals surface area contributed by atoms with Gasteiger partial charge in [0.15, 0.2) is 6.54 Å². The number of halogens is 1. The van der Waals surface area contributed by atoms with Crippen LogP contribution in [0.15, 0.2) is 72.1 Å². The molecule has 28 heavy (non-hydrogen) atoms. The van der Waals surface area contributed by atoms with Crippen molar-refractivity contribution in [1.82, 2.24) is 5.32 Å². The van der Waals surface area contributed by atoms with E-state index in [9.17, 15) is 9.18 Å². The van der Waals surface area contributed by atoms with E-state index in [1.807, 2.05) is 53.2 Å². The SMILES string of the molecule is CC(C)[C@@H]([NH2+]CC(=O)N[C@@H](c1ccccc1)c1cccs1)c1ccc(F)cc1. The van der Waals surface area contributed by atoms with Crippen molar-refractivity contribution in [2.75, 3.05) is 6.54 Å². The third-order valence-corrected chi connectivity index (χ3v) is 5.73. The Kier molecular flexibility index (Phi) is 6.95. The van der Waals surface area contributed by atoms with Crippen molar-refractivity contribution in [3.8, 4) is 0 Å². The normalized spacial score (nSPS) is 13.3. The number of hydrogen-bond acceptors (Lipinski definition) is 2. The molecule has 0 aliphatic carbocycles. The van der Waals surface area contributed by atoms with Crippen molar-refractivity contribution >= 4 is 17.2 Å². The van der Waals surface area contributed by atoms with Crippen LogP contribution in [0.4, 0.5) is 4.39 Å². The minimum Gasteiger partial charge on any atom is -0.339 e. The molecule has 0 saturated heterocycles. The summed E-state index contributed by atoms with van der Waals surface area (Å²) in [5, 5.41) is 7.22. The minimum absolute atomic E-state index is 0.0185. The predicted octanol–water partition coefficient (Wildman–Crippen LogP) is 4.05. The molecule has 0 bridgehead atoms. The average molecular weight is 398 g/mol. The van der Waals surface area contributed by atoms with Gasteiger partial charge >= 0.3 is 0 Å². The van der Waals surface area contributed by atoms with Gasteiger partial charge in [0.25, 0.3) is 5.91 Å². The van der Waals surface area contributed by atoms with E-state index >= 15 is 0 Å². The van der Waals surface area contributed by atoms with E-state index in [0.29, 0.717) is 12.5 Å². The summed E-state index contributed by atoms with van der Waals surface area (Å²) in [5.41, 5.74) is 2.10. The van der Waals surface area contributed by atoms with E-state index in [1.54, 1.807) is 23.5 Å². The van der Waals surface area contributed by atoms with Gasteiger partial charge in [0, 0.05) is 16.4 Å². The van der Waals surface area contributed by atoms with Crippen molar-refractivity contribution in [1.29, 1.82) is 0 Å². The number of benzene rings is 2. The van der Waals surface area contributed by atoms with Crippen LogP contribution in [0.5, 0.6) is 0 Å². The lowest BCUT2D eigenvalue weighted by Crippen LogP contribution is -2.88. The maximum Gasteiger partial charge on any atom is 0.275 e. The van der Waals surface area contributed by atoms with Gasteiger partial charge in [-0.2, -0.15) is 0 Å². The summed E-state index contributed by atoms with van der Waals surface area (Å²) >= 11 is 1.63. The van der Waals surface area contributed by atoms with Gasteiger partial charge in [-0.25, -0.2) is 4.39 Å². The fourth-order valence-corrected chi connectivity index (χ4v) is 4.15. The van der Waals surface area contributed by atoms with Gasteiger partial charge in [-0.3, -0.25) is 4.79 Å². The number of rotatable bonds is 8. The second kappa shape index (κ2) is 9.62. The molecule has 2 atom stereocenters. The number of quaternary nitrogens is 1. The first-order valence-corrected chi connectivity index (χ1v) is 10.4. The molecule has 1 heterocycles. The van der Waals surface area contributed by atoms with Gasteiger partial charge < -0.3 is 10.6 Å². The van der Waals surface area contributed by atoms with Crippen LogP contribution in [0.25, 0.3) is 0 Å². The fourth-order valence-electron chi connectivity index (χ4n) is 3.35.